The van der Waals surface area contributed by atoms with Crippen molar-refractivity contribution >= 4 is 11.6 Å². The maximum Gasteiger partial charge on any atom is 0.276 e. The molecule has 0 aliphatic rings. The molecule has 2 aromatic rings. The summed E-state index contributed by atoms with van der Waals surface area (Å²) in [6.45, 7) is 1.94. The van der Waals surface area contributed by atoms with E-state index in [1.54, 1.807) is 12.1 Å². The molecule has 0 radical (unpaired) electrons. The lowest BCUT2D eigenvalue weighted by Gasteiger charge is -1.96. The number of nitriles is 1. The highest BCUT2D eigenvalue weighted by Gasteiger charge is 2.15. The SMILES string of the molecule is CCC(Cl)c1noc(-c2ccc(C#N)cn2)n1. The number of nitrogens with zero attached hydrogens (tertiary/aromatic N) is 4. The topological polar surface area (TPSA) is 75.6 Å². The number of alkyl halides is 1. The number of hydrogen-bond donors (Lipinski definition) is 0. The van der Waals surface area contributed by atoms with Crippen LogP contribution in [0.1, 0.15) is 30.1 Å². The molecular weight excluding hydrogens is 240 g/mol. The molecule has 0 bridgehead atoms. The number of hydrogen-bond acceptors (Lipinski definition) is 5. The van der Waals surface area contributed by atoms with Crippen LogP contribution in [0.25, 0.3) is 11.6 Å². The highest BCUT2D eigenvalue weighted by atomic mass is 35.5. The Morgan fingerprint density at radius 1 is 1.53 bits per heavy atom. The molecule has 1 atom stereocenters. The molecule has 1 unspecified atom stereocenters. The van der Waals surface area contributed by atoms with Gasteiger partial charge in [-0.25, -0.2) is 4.98 Å². The van der Waals surface area contributed by atoms with Gasteiger partial charge in [-0.05, 0) is 18.6 Å². The molecule has 0 aliphatic carbocycles. The summed E-state index contributed by atoms with van der Waals surface area (Å²) in [6.07, 6.45) is 2.18. The van der Waals surface area contributed by atoms with Gasteiger partial charge in [0.15, 0.2) is 5.82 Å². The van der Waals surface area contributed by atoms with E-state index in [0.717, 1.165) is 6.42 Å². The summed E-state index contributed by atoms with van der Waals surface area (Å²) in [5, 5.41) is 12.2. The van der Waals surface area contributed by atoms with Gasteiger partial charge in [0.2, 0.25) is 0 Å². The molecule has 2 rings (SSSR count). The molecule has 86 valence electrons. The second kappa shape index (κ2) is 4.93. The normalized spacial score (nSPS) is 12.1. The predicted octanol–water partition coefficient (Wildman–Crippen LogP) is 2.69. The third kappa shape index (κ3) is 2.43. The smallest absolute Gasteiger partial charge is 0.276 e. The van der Waals surface area contributed by atoms with Crippen LogP contribution in [0.2, 0.25) is 0 Å². The predicted molar refractivity (Wildman–Crippen MR) is 61.1 cm³/mol. The van der Waals surface area contributed by atoms with Crippen LogP contribution in [0.3, 0.4) is 0 Å². The summed E-state index contributed by atoms with van der Waals surface area (Å²) < 4.78 is 5.06. The number of halogens is 1. The maximum atomic E-state index is 8.65. The lowest BCUT2D eigenvalue weighted by molar-refractivity contribution is 0.420. The molecular formula is C11H9ClN4O. The molecule has 2 aromatic heterocycles. The summed E-state index contributed by atoms with van der Waals surface area (Å²) in [4.78, 5) is 8.21. The van der Waals surface area contributed by atoms with Gasteiger partial charge in [-0.2, -0.15) is 10.2 Å². The van der Waals surface area contributed by atoms with Crippen LogP contribution < -0.4 is 0 Å². The minimum Gasteiger partial charge on any atom is -0.332 e. The molecule has 0 saturated carbocycles. The van der Waals surface area contributed by atoms with Gasteiger partial charge < -0.3 is 4.52 Å². The van der Waals surface area contributed by atoms with Gasteiger partial charge in [-0.3, -0.25) is 0 Å². The zero-order valence-corrected chi connectivity index (χ0v) is 9.85. The zero-order chi connectivity index (χ0) is 12.3. The largest absolute Gasteiger partial charge is 0.332 e. The van der Waals surface area contributed by atoms with Crippen molar-refractivity contribution in [1.29, 1.82) is 5.26 Å². The third-order valence-corrected chi connectivity index (χ3v) is 2.70. The molecule has 0 fully saturated rings. The van der Waals surface area contributed by atoms with Crippen LogP contribution >= 0.6 is 11.6 Å². The van der Waals surface area contributed by atoms with Gasteiger partial charge >= 0.3 is 0 Å². The van der Waals surface area contributed by atoms with Crippen molar-refractivity contribution in [2.24, 2.45) is 0 Å². The van der Waals surface area contributed by atoms with Gasteiger partial charge in [0.25, 0.3) is 5.89 Å². The van der Waals surface area contributed by atoms with E-state index in [9.17, 15) is 0 Å². The number of aromatic nitrogens is 3. The molecule has 0 amide bonds. The van der Waals surface area contributed by atoms with E-state index in [2.05, 4.69) is 15.1 Å². The first kappa shape index (κ1) is 11.6. The van der Waals surface area contributed by atoms with Crippen molar-refractivity contribution in [3.63, 3.8) is 0 Å². The Morgan fingerprint density at radius 3 is 2.94 bits per heavy atom. The van der Waals surface area contributed by atoms with Gasteiger partial charge in [0, 0.05) is 6.20 Å². The van der Waals surface area contributed by atoms with Crippen LogP contribution in [0.15, 0.2) is 22.9 Å². The van der Waals surface area contributed by atoms with E-state index in [4.69, 9.17) is 21.4 Å². The number of rotatable bonds is 3. The molecule has 2 heterocycles. The zero-order valence-electron chi connectivity index (χ0n) is 9.09. The molecule has 6 heteroatoms. The Balaban J connectivity index is 2.28. The van der Waals surface area contributed by atoms with Crippen LogP contribution in [0.4, 0.5) is 0 Å². The highest BCUT2D eigenvalue weighted by Crippen LogP contribution is 2.23. The summed E-state index contributed by atoms with van der Waals surface area (Å²) in [6, 6.07) is 5.29. The first-order chi connectivity index (χ1) is 8.24. The highest BCUT2D eigenvalue weighted by molar-refractivity contribution is 6.20. The first-order valence-corrected chi connectivity index (χ1v) is 5.52. The van der Waals surface area contributed by atoms with E-state index in [1.807, 2.05) is 13.0 Å². The lowest BCUT2D eigenvalue weighted by Crippen LogP contribution is -1.91. The molecule has 0 saturated heterocycles. The maximum absolute atomic E-state index is 8.65. The van der Waals surface area contributed by atoms with Crippen molar-refractivity contribution < 1.29 is 4.52 Å². The van der Waals surface area contributed by atoms with Gasteiger partial charge in [-0.1, -0.05) is 12.1 Å². The fourth-order valence-corrected chi connectivity index (χ4v) is 1.32. The van der Waals surface area contributed by atoms with E-state index in [0.29, 0.717) is 23.0 Å². The Bertz CT molecular complexity index is 543. The summed E-state index contributed by atoms with van der Waals surface area (Å²) in [5.74, 6) is 0.763. The molecule has 0 N–H and O–H groups in total. The number of pyridine rings is 1. The Labute approximate surface area is 103 Å². The van der Waals surface area contributed by atoms with Crippen molar-refractivity contribution in [1.82, 2.24) is 15.1 Å². The van der Waals surface area contributed by atoms with Crippen molar-refractivity contribution in [2.45, 2.75) is 18.7 Å². The Morgan fingerprint density at radius 2 is 2.35 bits per heavy atom. The van der Waals surface area contributed by atoms with Crippen molar-refractivity contribution in [2.75, 3.05) is 0 Å². The van der Waals surface area contributed by atoms with Crippen molar-refractivity contribution in [3.8, 4) is 17.7 Å². The van der Waals surface area contributed by atoms with Crippen LogP contribution in [-0.4, -0.2) is 15.1 Å². The fourth-order valence-electron chi connectivity index (χ4n) is 1.24. The van der Waals surface area contributed by atoms with Crippen LogP contribution in [0.5, 0.6) is 0 Å². The summed E-state index contributed by atoms with van der Waals surface area (Å²) in [5.41, 5.74) is 1.01. The molecule has 0 spiro atoms. The van der Waals surface area contributed by atoms with Gasteiger partial charge in [-0.15, -0.1) is 11.6 Å². The quantitative estimate of drug-likeness (QED) is 0.781. The van der Waals surface area contributed by atoms with Gasteiger partial charge in [0.1, 0.15) is 11.8 Å². The minimum atomic E-state index is -0.258. The van der Waals surface area contributed by atoms with E-state index in [-0.39, 0.29) is 5.38 Å². The average molecular weight is 249 g/mol. The Hall–Kier alpha value is -1.93. The van der Waals surface area contributed by atoms with E-state index < -0.39 is 0 Å². The fraction of sp³-hybridized carbons (Fsp3) is 0.273. The van der Waals surface area contributed by atoms with E-state index >= 15 is 0 Å². The monoisotopic (exact) mass is 248 g/mol. The molecule has 17 heavy (non-hydrogen) atoms. The van der Waals surface area contributed by atoms with Crippen LogP contribution in [0, 0.1) is 11.3 Å². The Kier molecular flexibility index (Phi) is 3.35. The standard InChI is InChI=1S/C11H9ClN4O/c1-2-8(12)10-15-11(17-16-10)9-4-3-7(5-13)6-14-9/h3-4,6,8H,2H2,1H3. The van der Waals surface area contributed by atoms with Crippen LogP contribution in [-0.2, 0) is 0 Å². The summed E-state index contributed by atoms with van der Waals surface area (Å²) >= 11 is 5.99. The third-order valence-electron chi connectivity index (χ3n) is 2.19. The second-order valence-electron chi connectivity index (χ2n) is 3.38. The molecule has 5 nitrogen and oxygen atoms in total. The first-order valence-electron chi connectivity index (χ1n) is 5.08. The second-order valence-corrected chi connectivity index (χ2v) is 3.90. The summed E-state index contributed by atoms with van der Waals surface area (Å²) in [7, 11) is 0. The molecule has 0 aromatic carbocycles. The average Bonchev–Trinajstić information content (AvgIpc) is 2.87. The van der Waals surface area contributed by atoms with E-state index in [1.165, 1.54) is 6.20 Å². The van der Waals surface area contributed by atoms with Gasteiger partial charge in [0.05, 0.1) is 10.9 Å². The minimum absolute atomic E-state index is 0.258. The lowest BCUT2D eigenvalue weighted by atomic mass is 10.2. The molecule has 0 aliphatic heterocycles. The van der Waals surface area contributed by atoms with Crippen molar-refractivity contribution in [3.05, 3.63) is 29.7 Å².